The number of hydrogen-bond donors (Lipinski definition) is 2. The largest absolute Gasteiger partial charge is 0.478 e. The van der Waals surface area contributed by atoms with Crippen molar-refractivity contribution in [1.29, 1.82) is 0 Å². The molecular weight excluding hydrogens is 247 g/mol. The van der Waals surface area contributed by atoms with Crippen LogP contribution in [-0.4, -0.2) is 31.1 Å². The van der Waals surface area contributed by atoms with E-state index in [1.54, 1.807) is 12.1 Å². The Balaban J connectivity index is 1.95. The molecule has 1 saturated heterocycles. The summed E-state index contributed by atoms with van der Waals surface area (Å²) < 4.78 is 18.9. The molecule has 1 aliphatic rings. The van der Waals surface area contributed by atoms with Crippen LogP contribution >= 0.6 is 0 Å². The Morgan fingerprint density at radius 3 is 3.00 bits per heavy atom. The summed E-state index contributed by atoms with van der Waals surface area (Å²) >= 11 is 0. The third-order valence-electron chi connectivity index (χ3n) is 3.18. The Hall–Kier alpha value is -1.62. The van der Waals surface area contributed by atoms with Crippen molar-refractivity contribution in [2.45, 2.75) is 31.9 Å². The first kappa shape index (κ1) is 13.8. The summed E-state index contributed by atoms with van der Waals surface area (Å²) in [6.07, 6.45) is 0.764. The van der Waals surface area contributed by atoms with E-state index in [1.807, 2.05) is 6.92 Å². The van der Waals surface area contributed by atoms with Crippen molar-refractivity contribution in [2.75, 3.05) is 13.1 Å². The van der Waals surface area contributed by atoms with Crippen molar-refractivity contribution in [2.24, 2.45) is 0 Å². The molecule has 19 heavy (non-hydrogen) atoms. The highest BCUT2D eigenvalue weighted by atomic mass is 19.1. The van der Waals surface area contributed by atoms with Gasteiger partial charge in [-0.25, -0.2) is 4.39 Å². The average molecular weight is 266 g/mol. The molecule has 5 heteroatoms. The number of rotatable bonds is 5. The normalized spacial score (nSPS) is 20.0. The predicted octanol–water partition coefficient (Wildman–Crippen LogP) is 1.46. The van der Waals surface area contributed by atoms with Gasteiger partial charge in [0.1, 0.15) is 0 Å². The number of hydrogen-bond acceptors (Lipinski definition) is 3. The first-order chi connectivity index (χ1) is 9.20. The van der Waals surface area contributed by atoms with Gasteiger partial charge >= 0.3 is 0 Å². The van der Waals surface area contributed by atoms with E-state index < -0.39 is 11.9 Å². The number of ether oxygens (including phenoxy) is 1. The van der Waals surface area contributed by atoms with Crippen LogP contribution in [0.1, 0.15) is 19.8 Å². The number of halogens is 1. The smallest absolute Gasteiger partial charge is 0.261 e. The minimum Gasteiger partial charge on any atom is -0.478 e. The Kier molecular flexibility index (Phi) is 4.74. The SMILES string of the molecule is CCC(Oc1ccccc1F)C(=O)NC1CCNC1. The second kappa shape index (κ2) is 6.52. The van der Waals surface area contributed by atoms with Gasteiger partial charge < -0.3 is 15.4 Å². The van der Waals surface area contributed by atoms with E-state index >= 15 is 0 Å². The molecular formula is C14H19FN2O2. The van der Waals surface area contributed by atoms with E-state index in [9.17, 15) is 9.18 Å². The van der Waals surface area contributed by atoms with Gasteiger partial charge in [-0.3, -0.25) is 4.79 Å². The Morgan fingerprint density at radius 1 is 1.58 bits per heavy atom. The Morgan fingerprint density at radius 2 is 2.37 bits per heavy atom. The zero-order valence-corrected chi connectivity index (χ0v) is 11.0. The molecule has 2 unspecified atom stereocenters. The van der Waals surface area contributed by atoms with Gasteiger partial charge in [0, 0.05) is 12.6 Å². The van der Waals surface area contributed by atoms with Crippen LogP contribution in [0.5, 0.6) is 5.75 Å². The zero-order chi connectivity index (χ0) is 13.7. The molecule has 0 aromatic heterocycles. The summed E-state index contributed by atoms with van der Waals surface area (Å²) in [5.74, 6) is -0.509. The Labute approximate surface area is 112 Å². The van der Waals surface area contributed by atoms with Gasteiger partial charge in [0.25, 0.3) is 5.91 Å². The van der Waals surface area contributed by atoms with Crippen LogP contribution in [0.2, 0.25) is 0 Å². The van der Waals surface area contributed by atoms with Gasteiger partial charge in [-0.1, -0.05) is 19.1 Å². The lowest BCUT2D eigenvalue weighted by Crippen LogP contribution is -2.44. The number of nitrogens with one attached hydrogen (secondary N) is 2. The van der Waals surface area contributed by atoms with Gasteiger partial charge in [0.15, 0.2) is 17.7 Å². The first-order valence-electron chi connectivity index (χ1n) is 6.63. The molecule has 0 spiro atoms. The molecule has 4 nitrogen and oxygen atoms in total. The number of para-hydroxylation sites is 1. The summed E-state index contributed by atoms with van der Waals surface area (Å²) in [6, 6.07) is 6.27. The van der Waals surface area contributed by atoms with Gasteiger partial charge in [0.05, 0.1) is 0 Å². The van der Waals surface area contributed by atoms with E-state index in [2.05, 4.69) is 10.6 Å². The van der Waals surface area contributed by atoms with Crippen LogP contribution in [0.3, 0.4) is 0 Å². The highest BCUT2D eigenvalue weighted by molar-refractivity contribution is 5.81. The highest BCUT2D eigenvalue weighted by Gasteiger charge is 2.24. The monoisotopic (exact) mass is 266 g/mol. The molecule has 2 atom stereocenters. The van der Waals surface area contributed by atoms with Crippen molar-refractivity contribution >= 4 is 5.91 Å². The summed E-state index contributed by atoms with van der Waals surface area (Å²) in [4.78, 5) is 12.1. The summed E-state index contributed by atoms with van der Waals surface area (Å²) in [7, 11) is 0. The molecule has 104 valence electrons. The maximum absolute atomic E-state index is 13.5. The molecule has 0 radical (unpaired) electrons. The topological polar surface area (TPSA) is 50.4 Å². The average Bonchev–Trinajstić information content (AvgIpc) is 2.90. The molecule has 0 saturated carbocycles. The van der Waals surface area contributed by atoms with Gasteiger partial charge in [-0.05, 0) is 31.5 Å². The molecule has 2 rings (SSSR count). The fourth-order valence-corrected chi connectivity index (χ4v) is 2.09. The maximum atomic E-state index is 13.5. The standard InChI is InChI=1S/C14H19FN2O2/c1-2-12(14(18)17-10-7-8-16-9-10)19-13-6-4-3-5-11(13)15/h3-6,10,12,16H,2,7-9H2,1H3,(H,17,18). The van der Waals surface area contributed by atoms with Crippen LogP contribution in [0.4, 0.5) is 4.39 Å². The van der Waals surface area contributed by atoms with Crippen LogP contribution in [0.15, 0.2) is 24.3 Å². The van der Waals surface area contributed by atoms with Crippen molar-refractivity contribution in [3.8, 4) is 5.75 Å². The fourth-order valence-electron chi connectivity index (χ4n) is 2.09. The van der Waals surface area contributed by atoms with E-state index in [0.717, 1.165) is 19.5 Å². The molecule has 1 aromatic carbocycles. The van der Waals surface area contributed by atoms with E-state index in [1.165, 1.54) is 12.1 Å². The number of benzene rings is 1. The summed E-state index contributed by atoms with van der Waals surface area (Å²) in [6.45, 7) is 3.54. The molecule has 0 bridgehead atoms. The van der Waals surface area contributed by atoms with Crippen LogP contribution in [-0.2, 0) is 4.79 Å². The third kappa shape index (κ3) is 3.67. The van der Waals surface area contributed by atoms with Crippen molar-refractivity contribution < 1.29 is 13.9 Å². The molecule has 1 heterocycles. The zero-order valence-electron chi connectivity index (χ0n) is 11.0. The molecule has 1 fully saturated rings. The minimum atomic E-state index is -0.655. The lowest BCUT2D eigenvalue weighted by Gasteiger charge is -2.20. The summed E-state index contributed by atoms with van der Waals surface area (Å²) in [5, 5.41) is 6.10. The highest BCUT2D eigenvalue weighted by Crippen LogP contribution is 2.18. The first-order valence-corrected chi connectivity index (χ1v) is 6.63. The maximum Gasteiger partial charge on any atom is 0.261 e. The number of carbonyl (C=O) groups is 1. The van der Waals surface area contributed by atoms with Gasteiger partial charge in [-0.15, -0.1) is 0 Å². The van der Waals surface area contributed by atoms with Gasteiger partial charge in [-0.2, -0.15) is 0 Å². The second-order valence-electron chi connectivity index (χ2n) is 4.64. The quantitative estimate of drug-likeness (QED) is 0.848. The van der Waals surface area contributed by atoms with Crippen molar-refractivity contribution in [3.63, 3.8) is 0 Å². The second-order valence-corrected chi connectivity index (χ2v) is 4.64. The number of carbonyl (C=O) groups excluding carboxylic acids is 1. The summed E-state index contributed by atoms with van der Waals surface area (Å²) in [5.41, 5.74) is 0. The number of amides is 1. The molecule has 2 N–H and O–H groups in total. The van der Waals surface area contributed by atoms with Crippen LogP contribution in [0, 0.1) is 5.82 Å². The third-order valence-corrected chi connectivity index (χ3v) is 3.18. The van der Waals surface area contributed by atoms with Crippen LogP contribution in [0.25, 0.3) is 0 Å². The molecule has 1 amide bonds. The fraction of sp³-hybridized carbons (Fsp3) is 0.500. The van der Waals surface area contributed by atoms with E-state index in [-0.39, 0.29) is 17.7 Å². The van der Waals surface area contributed by atoms with E-state index in [0.29, 0.717) is 6.42 Å². The lowest BCUT2D eigenvalue weighted by atomic mass is 10.2. The molecule has 0 aliphatic carbocycles. The Bertz CT molecular complexity index is 433. The van der Waals surface area contributed by atoms with Crippen molar-refractivity contribution in [3.05, 3.63) is 30.1 Å². The van der Waals surface area contributed by atoms with E-state index in [4.69, 9.17) is 4.74 Å². The minimum absolute atomic E-state index is 0.119. The molecule has 1 aromatic rings. The van der Waals surface area contributed by atoms with Crippen molar-refractivity contribution in [1.82, 2.24) is 10.6 Å². The molecule has 1 aliphatic heterocycles. The predicted molar refractivity (Wildman–Crippen MR) is 70.5 cm³/mol. The van der Waals surface area contributed by atoms with Crippen LogP contribution < -0.4 is 15.4 Å². The van der Waals surface area contributed by atoms with Gasteiger partial charge in [0.2, 0.25) is 0 Å². The lowest BCUT2D eigenvalue weighted by molar-refractivity contribution is -0.128.